The average Bonchev–Trinajstić information content (AvgIpc) is 2.21. The van der Waals surface area contributed by atoms with E-state index in [0.29, 0.717) is 12.8 Å². The Bertz CT molecular complexity index is 373. The van der Waals surface area contributed by atoms with Gasteiger partial charge in [0.1, 0.15) is 5.82 Å². The fraction of sp³-hybridized carbons (Fsp3) is 0.300. The van der Waals surface area contributed by atoms with Crippen molar-refractivity contribution >= 4 is 19.0 Å². The molecule has 0 aliphatic rings. The predicted octanol–water partition coefficient (Wildman–Crippen LogP) is -0.818. The summed E-state index contributed by atoms with van der Waals surface area (Å²) in [5.74, 6) is -0.658. The molecule has 1 amide bonds. The minimum Gasteiger partial charge on any atom is -0.423 e. The Morgan fingerprint density at radius 1 is 1.56 bits per heavy atom. The predicted molar refractivity (Wildman–Crippen MR) is 58.6 cm³/mol. The third kappa shape index (κ3) is 3.32. The standard InChI is InChI=1S/C10H13BFNO3/c1-7(13-6-14)4-8-2-3-10(12)9(5-8)11(15)16/h2-3,5-7,15-16H,4H2,1H3,(H,13,14). The number of carbonyl (C=O) groups is 1. The van der Waals surface area contributed by atoms with E-state index >= 15 is 0 Å². The van der Waals surface area contributed by atoms with Gasteiger partial charge >= 0.3 is 7.12 Å². The first kappa shape index (κ1) is 12.7. The van der Waals surface area contributed by atoms with Gasteiger partial charge < -0.3 is 15.4 Å². The van der Waals surface area contributed by atoms with Gasteiger partial charge in [0.25, 0.3) is 0 Å². The summed E-state index contributed by atoms with van der Waals surface area (Å²) < 4.78 is 13.1. The van der Waals surface area contributed by atoms with Crippen LogP contribution in [0.1, 0.15) is 12.5 Å². The van der Waals surface area contributed by atoms with Crippen molar-refractivity contribution in [2.45, 2.75) is 19.4 Å². The smallest absolute Gasteiger partial charge is 0.423 e. The van der Waals surface area contributed by atoms with Crippen molar-refractivity contribution in [2.75, 3.05) is 0 Å². The first-order valence-electron chi connectivity index (χ1n) is 4.88. The van der Waals surface area contributed by atoms with Crippen molar-refractivity contribution in [3.8, 4) is 0 Å². The van der Waals surface area contributed by atoms with Gasteiger partial charge in [0.15, 0.2) is 0 Å². The Hall–Kier alpha value is -1.40. The molecule has 0 heterocycles. The van der Waals surface area contributed by atoms with Crippen LogP contribution < -0.4 is 10.8 Å². The molecule has 0 aliphatic heterocycles. The molecule has 4 nitrogen and oxygen atoms in total. The van der Waals surface area contributed by atoms with Crippen LogP contribution in [0.2, 0.25) is 0 Å². The first-order valence-corrected chi connectivity index (χ1v) is 4.88. The zero-order valence-corrected chi connectivity index (χ0v) is 8.85. The van der Waals surface area contributed by atoms with Crippen molar-refractivity contribution < 1.29 is 19.2 Å². The van der Waals surface area contributed by atoms with Gasteiger partial charge in [0, 0.05) is 11.5 Å². The molecule has 1 rings (SSSR count). The molecule has 0 aromatic heterocycles. The van der Waals surface area contributed by atoms with E-state index in [9.17, 15) is 9.18 Å². The fourth-order valence-electron chi connectivity index (χ4n) is 1.45. The number of benzene rings is 1. The molecule has 0 saturated carbocycles. The lowest BCUT2D eigenvalue weighted by molar-refractivity contribution is -0.110. The zero-order valence-electron chi connectivity index (χ0n) is 8.85. The molecular formula is C10H13BFNO3. The van der Waals surface area contributed by atoms with E-state index < -0.39 is 12.9 Å². The van der Waals surface area contributed by atoms with E-state index in [1.807, 2.05) is 0 Å². The molecule has 0 bridgehead atoms. The Morgan fingerprint density at radius 3 is 2.81 bits per heavy atom. The van der Waals surface area contributed by atoms with Crippen molar-refractivity contribution in [1.82, 2.24) is 5.32 Å². The number of hydrogen-bond donors (Lipinski definition) is 3. The highest BCUT2D eigenvalue weighted by Crippen LogP contribution is 2.04. The van der Waals surface area contributed by atoms with E-state index in [2.05, 4.69) is 5.32 Å². The molecule has 6 heteroatoms. The molecule has 86 valence electrons. The summed E-state index contributed by atoms with van der Waals surface area (Å²) in [6, 6.07) is 4.01. The van der Waals surface area contributed by atoms with Crippen molar-refractivity contribution in [2.24, 2.45) is 0 Å². The summed E-state index contributed by atoms with van der Waals surface area (Å²) in [7, 11) is -1.82. The van der Waals surface area contributed by atoms with E-state index in [1.165, 1.54) is 12.1 Å². The largest absolute Gasteiger partial charge is 0.491 e. The highest BCUT2D eigenvalue weighted by Gasteiger charge is 2.17. The highest BCUT2D eigenvalue weighted by molar-refractivity contribution is 6.58. The Labute approximate surface area is 93.2 Å². The molecule has 0 aliphatic carbocycles. The number of nitrogens with one attached hydrogen (secondary N) is 1. The van der Waals surface area contributed by atoms with Crippen LogP contribution in [0, 0.1) is 5.82 Å². The maximum Gasteiger partial charge on any atom is 0.491 e. The van der Waals surface area contributed by atoms with Crippen molar-refractivity contribution in [3.05, 3.63) is 29.6 Å². The molecular weight excluding hydrogens is 212 g/mol. The second kappa shape index (κ2) is 5.62. The minimum atomic E-state index is -1.82. The number of carbonyl (C=O) groups excluding carboxylic acids is 1. The lowest BCUT2D eigenvalue weighted by atomic mass is 9.78. The molecule has 0 fully saturated rings. The fourth-order valence-corrected chi connectivity index (χ4v) is 1.45. The summed E-state index contributed by atoms with van der Waals surface area (Å²) in [5.41, 5.74) is 0.571. The summed E-state index contributed by atoms with van der Waals surface area (Å²) in [6.07, 6.45) is 1.09. The quantitative estimate of drug-likeness (QED) is 0.453. The monoisotopic (exact) mass is 225 g/mol. The molecule has 0 spiro atoms. The molecule has 16 heavy (non-hydrogen) atoms. The van der Waals surface area contributed by atoms with E-state index in [-0.39, 0.29) is 11.5 Å². The van der Waals surface area contributed by atoms with Crippen LogP contribution in [0.5, 0.6) is 0 Å². The summed E-state index contributed by atoms with van der Waals surface area (Å²) >= 11 is 0. The lowest BCUT2D eigenvalue weighted by Gasteiger charge is -2.11. The second-order valence-corrected chi connectivity index (χ2v) is 3.62. The zero-order chi connectivity index (χ0) is 12.1. The van der Waals surface area contributed by atoms with Crippen LogP contribution in [0.3, 0.4) is 0 Å². The van der Waals surface area contributed by atoms with Gasteiger partial charge in [-0.2, -0.15) is 0 Å². The summed E-state index contributed by atoms with van der Waals surface area (Å²) in [5, 5.41) is 20.4. The Morgan fingerprint density at radius 2 is 2.25 bits per heavy atom. The molecule has 1 unspecified atom stereocenters. The molecule has 1 atom stereocenters. The van der Waals surface area contributed by atoms with Gasteiger partial charge in [0.2, 0.25) is 6.41 Å². The van der Waals surface area contributed by atoms with Gasteiger partial charge in [-0.15, -0.1) is 0 Å². The van der Waals surface area contributed by atoms with Gasteiger partial charge in [-0.05, 0) is 25.0 Å². The molecule has 0 saturated heterocycles. The number of hydrogen-bond acceptors (Lipinski definition) is 3. The number of halogens is 1. The lowest BCUT2D eigenvalue weighted by Crippen LogP contribution is -2.34. The van der Waals surface area contributed by atoms with Crippen LogP contribution in [0.4, 0.5) is 4.39 Å². The minimum absolute atomic E-state index is 0.0911. The number of amides is 1. The SMILES string of the molecule is CC(Cc1ccc(F)c(B(O)O)c1)NC=O. The van der Waals surface area contributed by atoms with E-state index in [0.717, 1.165) is 5.56 Å². The van der Waals surface area contributed by atoms with Crippen LogP contribution >= 0.6 is 0 Å². The van der Waals surface area contributed by atoms with Gasteiger partial charge in [-0.1, -0.05) is 12.1 Å². The summed E-state index contributed by atoms with van der Waals surface area (Å²) in [6.45, 7) is 1.80. The topological polar surface area (TPSA) is 69.6 Å². The van der Waals surface area contributed by atoms with Crippen LogP contribution in [-0.2, 0) is 11.2 Å². The van der Waals surface area contributed by atoms with Crippen molar-refractivity contribution in [3.63, 3.8) is 0 Å². The van der Waals surface area contributed by atoms with Crippen molar-refractivity contribution in [1.29, 1.82) is 0 Å². The third-order valence-corrected chi connectivity index (χ3v) is 2.23. The van der Waals surface area contributed by atoms with Crippen LogP contribution in [0.15, 0.2) is 18.2 Å². The van der Waals surface area contributed by atoms with Gasteiger partial charge in [0.05, 0.1) is 0 Å². The van der Waals surface area contributed by atoms with E-state index in [1.54, 1.807) is 13.0 Å². The maximum absolute atomic E-state index is 13.1. The molecule has 0 radical (unpaired) electrons. The van der Waals surface area contributed by atoms with Crippen LogP contribution in [0.25, 0.3) is 0 Å². The first-order chi connectivity index (χ1) is 7.54. The second-order valence-electron chi connectivity index (χ2n) is 3.62. The highest BCUT2D eigenvalue weighted by atomic mass is 19.1. The van der Waals surface area contributed by atoms with Gasteiger partial charge in [-0.3, -0.25) is 4.79 Å². The third-order valence-electron chi connectivity index (χ3n) is 2.23. The molecule has 1 aromatic carbocycles. The normalized spacial score (nSPS) is 12.0. The number of rotatable bonds is 5. The summed E-state index contributed by atoms with van der Waals surface area (Å²) in [4.78, 5) is 10.2. The van der Waals surface area contributed by atoms with Crippen LogP contribution in [-0.4, -0.2) is 29.6 Å². The Kier molecular flexibility index (Phi) is 4.45. The van der Waals surface area contributed by atoms with Gasteiger partial charge in [-0.25, -0.2) is 4.39 Å². The molecule has 3 N–H and O–H groups in total. The maximum atomic E-state index is 13.1. The molecule has 1 aromatic rings. The average molecular weight is 225 g/mol. The Balaban J connectivity index is 2.82. The van der Waals surface area contributed by atoms with E-state index in [4.69, 9.17) is 10.0 Å².